The Hall–Kier alpha value is -1.19. The molecule has 3 heteroatoms. The summed E-state index contributed by atoms with van der Waals surface area (Å²) in [5, 5.41) is 11.8. The van der Waals surface area contributed by atoms with E-state index in [-0.39, 0.29) is 6.54 Å². The van der Waals surface area contributed by atoms with Crippen molar-refractivity contribution >= 4 is 17.7 Å². The van der Waals surface area contributed by atoms with Crippen LogP contribution < -0.4 is 4.65 Å². The fourth-order valence-corrected chi connectivity index (χ4v) is 1.29. The molecule has 0 saturated carbocycles. The van der Waals surface area contributed by atoms with Gasteiger partial charge in [0.15, 0.2) is 12.0 Å². The fraction of sp³-hybridized carbons (Fsp3) is 0.111. The van der Waals surface area contributed by atoms with E-state index in [4.69, 9.17) is 0 Å². The van der Waals surface area contributed by atoms with Crippen molar-refractivity contribution in [2.24, 2.45) is 4.99 Å². The first-order valence-corrected chi connectivity index (χ1v) is 3.79. The molecule has 3 nitrogen and oxygen atoms in total. The molecule has 0 saturated heterocycles. The highest BCUT2D eigenvalue weighted by Crippen LogP contribution is 2.36. The Morgan fingerprint density at radius 2 is 2.17 bits per heavy atom. The number of fused-ring (bicyclic) bond motifs is 1. The second kappa shape index (κ2) is 2.40. The quantitative estimate of drug-likeness (QED) is 0.458. The molecule has 0 spiro atoms. The molecule has 1 aliphatic heterocycles. The van der Waals surface area contributed by atoms with Crippen molar-refractivity contribution in [2.75, 3.05) is 6.54 Å². The third-order valence-corrected chi connectivity index (χ3v) is 2.01. The van der Waals surface area contributed by atoms with Crippen LogP contribution in [0.15, 0.2) is 29.3 Å². The standard InChI is InChI=1S/C9H9N2O/c1-2-11(12)7-10-8-5-3-4-6-9(8)11/h3-7H,1-2H2. The summed E-state index contributed by atoms with van der Waals surface area (Å²) in [6.45, 7) is 3.86. The van der Waals surface area contributed by atoms with Crippen molar-refractivity contribution in [3.05, 3.63) is 36.4 Å². The predicted octanol–water partition coefficient (Wildman–Crippen LogP) is 2.00. The molecule has 12 heavy (non-hydrogen) atoms. The minimum atomic E-state index is -0.532. The molecule has 0 N–H and O–H groups in total. The normalized spacial score (nSPS) is 25.8. The summed E-state index contributed by atoms with van der Waals surface area (Å²) in [6.07, 6.45) is 1.39. The van der Waals surface area contributed by atoms with Gasteiger partial charge < -0.3 is 5.21 Å². The van der Waals surface area contributed by atoms with Crippen molar-refractivity contribution in [3.8, 4) is 0 Å². The number of hydrogen-bond donors (Lipinski definition) is 0. The van der Waals surface area contributed by atoms with Crippen molar-refractivity contribution in [1.29, 1.82) is 0 Å². The Kier molecular flexibility index (Phi) is 1.49. The van der Waals surface area contributed by atoms with Crippen molar-refractivity contribution in [3.63, 3.8) is 0 Å². The number of quaternary nitrogens is 1. The SMILES string of the molecule is [CH2]C[N+]1([O-])C=Nc2ccccc21. The van der Waals surface area contributed by atoms with Crippen LogP contribution >= 0.6 is 0 Å². The maximum Gasteiger partial charge on any atom is 0.195 e. The summed E-state index contributed by atoms with van der Waals surface area (Å²) in [6, 6.07) is 7.34. The number of hydroxylamine groups is 2. The first-order chi connectivity index (χ1) is 5.76. The van der Waals surface area contributed by atoms with Crippen LogP contribution in [0.4, 0.5) is 11.4 Å². The zero-order valence-electron chi connectivity index (χ0n) is 6.60. The molecular formula is C9H9N2O. The predicted molar refractivity (Wildman–Crippen MR) is 50.0 cm³/mol. The molecular weight excluding hydrogens is 152 g/mol. The van der Waals surface area contributed by atoms with Crippen molar-refractivity contribution in [2.45, 2.75) is 0 Å². The van der Waals surface area contributed by atoms with Crippen LogP contribution in [0.2, 0.25) is 0 Å². The number of nitrogens with zero attached hydrogens (tertiary/aromatic N) is 2. The Labute approximate surface area is 71.1 Å². The summed E-state index contributed by atoms with van der Waals surface area (Å²) >= 11 is 0. The van der Waals surface area contributed by atoms with E-state index in [1.165, 1.54) is 6.34 Å². The summed E-state index contributed by atoms with van der Waals surface area (Å²) in [5.74, 6) is 0. The molecule has 1 aromatic carbocycles. The third-order valence-electron chi connectivity index (χ3n) is 2.01. The van der Waals surface area contributed by atoms with Gasteiger partial charge in [0.2, 0.25) is 0 Å². The van der Waals surface area contributed by atoms with E-state index in [0.717, 1.165) is 5.69 Å². The Morgan fingerprint density at radius 3 is 2.92 bits per heavy atom. The molecule has 1 atom stereocenters. The van der Waals surface area contributed by atoms with Crippen molar-refractivity contribution in [1.82, 2.24) is 4.65 Å². The highest BCUT2D eigenvalue weighted by atomic mass is 16.5. The molecule has 1 aromatic rings. The highest BCUT2D eigenvalue weighted by Gasteiger charge is 2.24. The minimum Gasteiger partial charge on any atom is -0.621 e. The summed E-state index contributed by atoms with van der Waals surface area (Å²) in [5.41, 5.74) is 1.45. The van der Waals surface area contributed by atoms with E-state index in [2.05, 4.69) is 11.9 Å². The van der Waals surface area contributed by atoms with Gasteiger partial charge in [-0.15, -0.1) is 0 Å². The molecule has 0 fully saturated rings. The molecule has 0 bridgehead atoms. The van der Waals surface area contributed by atoms with Gasteiger partial charge in [-0.3, -0.25) is 4.65 Å². The van der Waals surface area contributed by atoms with E-state index in [0.29, 0.717) is 5.69 Å². The van der Waals surface area contributed by atoms with Gasteiger partial charge in [0.25, 0.3) is 0 Å². The Balaban J connectivity index is 2.56. The van der Waals surface area contributed by atoms with E-state index >= 15 is 0 Å². The lowest BCUT2D eigenvalue weighted by Gasteiger charge is -2.32. The number of hydrogen-bond acceptors (Lipinski definition) is 2. The molecule has 2 rings (SSSR count). The average molecular weight is 161 g/mol. The smallest absolute Gasteiger partial charge is 0.195 e. The van der Waals surface area contributed by atoms with Gasteiger partial charge in [0, 0.05) is 13.0 Å². The van der Waals surface area contributed by atoms with E-state index < -0.39 is 4.65 Å². The van der Waals surface area contributed by atoms with Gasteiger partial charge >= 0.3 is 0 Å². The average Bonchev–Trinajstić information content (AvgIpc) is 2.46. The van der Waals surface area contributed by atoms with E-state index in [9.17, 15) is 5.21 Å². The van der Waals surface area contributed by atoms with Gasteiger partial charge in [-0.1, -0.05) is 12.1 Å². The van der Waals surface area contributed by atoms with Crippen LogP contribution in [-0.4, -0.2) is 12.9 Å². The lowest BCUT2D eigenvalue weighted by molar-refractivity contribution is 0.627. The number of rotatable bonds is 1. The Morgan fingerprint density at radius 1 is 1.42 bits per heavy atom. The number of aliphatic imine (C=N–C) groups is 1. The van der Waals surface area contributed by atoms with Crippen LogP contribution in [0.3, 0.4) is 0 Å². The lowest BCUT2D eigenvalue weighted by atomic mass is 10.2. The zero-order valence-corrected chi connectivity index (χ0v) is 6.60. The molecule has 1 unspecified atom stereocenters. The Bertz CT molecular complexity index is 335. The van der Waals surface area contributed by atoms with Gasteiger partial charge in [-0.05, 0) is 6.07 Å². The monoisotopic (exact) mass is 161 g/mol. The maximum atomic E-state index is 11.8. The summed E-state index contributed by atoms with van der Waals surface area (Å²) in [7, 11) is 0. The van der Waals surface area contributed by atoms with E-state index in [1.54, 1.807) is 6.07 Å². The molecule has 1 heterocycles. The zero-order chi connectivity index (χ0) is 8.60. The third kappa shape index (κ3) is 0.873. The topological polar surface area (TPSA) is 35.4 Å². The first kappa shape index (κ1) is 7.46. The van der Waals surface area contributed by atoms with Crippen LogP contribution in [0.25, 0.3) is 0 Å². The molecule has 0 aliphatic carbocycles. The fourth-order valence-electron chi connectivity index (χ4n) is 1.29. The van der Waals surface area contributed by atoms with Gasteiger partial charge in [-0.25, -0.2) is 0 Å². The molecule has 0 amide bonds. The van der Waals surface area contributed by atoms with Gasteiger partial charge in [0.05, 0.1) is 6.54 Å². The number of benzene rings is 1. The van der Waals surface area contributed by atoms with Crippen LogP contribution in [0, 0.1) is 12.1 Å². The van der Waals surface area contributed by atoms with E-state index in [1.807, 2.05) is 18.2 Å². The summed E-state index contributed by atoms with van der Waals surface area (Å²) in [4.78, 5) is 4.02. The molecule has 1 radical (unpaired) electrons. The van der Waals surface area contributed by atoms with Gasteiger partial charge in [0.1, 0.15) is 5.69 Å². The molecule has 0 aromatic heterocycles. The maximum absolute atomic E-state index is 11.8. The summed E-state index contributed by atoms with van der Waals surface area (Å²) < 4.78 is -0.532. The van der Waals surface area contributed by atoms with Crippen molar-refractivity contribution < 1.29 is 0 Å². The molecule has 1 aliphatic rings. The van der Waals surface area contributed by atoms with Crippen LogP contribution in [0.1, 0.15) is 0 Å². The largest absolute Gasteiger partial charge is 0.621 e. The lowest BCUT2D eigenvalue weighted by Crippen LogP contribution is -2.39. The highest BCUT2D eigenvalue weighted by molar-refractivity contribution is 5.89. The number of para-hydroxylation sites is 2. The molecule has 61 valence electrons. The van der Waals surface area contributed by atoms with Crippen LogP contribution in [-0.2, 0) is 0 Å². The second-order valence-corrected chi connectivity index (χ2v) is 2.75. The first-order valence-electron chi connectivity index (χ1n) is 3.79. The minimum absolute atomic E-state index is 0.251. The van der Waals surface area contributed by atoms with Gasteiger partial charge in [-0.2, -0.15) is 4.99 Å². The second-order valence-electron chi connectivity index (χ2n) is 2.75. The van der Waals surface area contributed by atoms with Crippen LogP contribution in [0.5, 0.6) is 0 Å².